The summed E-state index contributed by atoms with van der Waals surface area (Å²) in [6.07, 6.45) is -0.0881. The topological polar surface area (TPSA) is 108 Å². The molecule has 1 aromatic heterocycles. The fraction of sp³-hybridized carbons (Fsp3) is 0.190. The maximum absolute atomic E-state index is 12.6. The number of benzene rings is 2. The molecule has 0 saturated carbocycles. The smallest absolute Gasteiger partial charge is 0.249 e. The second kappa shape index (κ2) is 8.49. The summed E-state index contributed by atoms with van der Waals surface area (Å²) < 4.78 is 0. The number of carbonyl (C=O) groups is 2. The maximum atomic E-state index is 12.6. The number of aromatic nitrogens is 2. The zero-order valence-electron chi connectivity index (χ0n) is 16.7. The molecule has 0 bridgehead atoms. The number of halogens is 2. The lowest BCUT2D eigenvalue weighted by molar-refractivity contribution is -0.124. The Balaban J connectivity index is 1.55. The first kappa shape index (κ1) is 21.0. The van der Waals surface area contributed by atoms with Crippen molar-refractivity contribution in [2.24, 2.45) is 4.99 Å². The van der Waals surface area contributed by atoms with E-state index in [0.717, 1.165) is 22.2 Å². The van der Waals surface area contributed by atoms with Gasteiger partial charge in [0.15, 0.2) is 0 Å². The number of fused-ring (bicyclic) bond motifs is 1. The molecule has 158 valence electrons. The van der Waals surface area contributed by atoms with Crippen LogP contribution < -0.4 is 16.0 Å². The molecule has 2 amide bonds. The van der Waals surface area contributed by atoms with Gasteiger partial charge >= 0.3 is 0 Å². The van der Waals surface area contributed by atoms with Crippen molar-refractivity contribution >= 4 is 63.5 Å². The Labute approximate surface area is 188 Å². The summed E-state index contributed by atoms with van der Waals surface area (Å²) >= 11 is 11.9. The average molecular weight is 457 g/mol. The van der Waals surface area contributed by atoms with Crippen LogP contribution in [-0.2, 0) is 9.59 Å². The van der Waals surface area contributed by atoms with Crippen molar-refractivity contribution in [3.8, 4) is 0 Å². The highest BCUT2D eigenvalue weighted by Gasteiger charge is 2.27. The van der Waals surface area contributed by atoms with Crippen molar-refractivity contribution in [2.45, 2.75) is 26.3 Å². The molecule has 31 heavy (non-hydrogen) atoms. The number of anilines is 2. The van der Waals surface area contributed by atoms with Crippen molar-refractivity contribution < 1.29 is 9.59 Å². The summed E-state index contributed by atoms with van der Waals surface area (Å²) in [5.74, 6) is -0.409. The van der Waals surface area contributed by atoms with Crippen molar-refractivity contribution in [3.05, 3.63) is 57.7 Å². The number of guanidine groups is 1. The van der Waals surface area contributed by atoms with Crippen LogP contribution in [0.15, 0.2) is 41.4 Å². The van der Waals surface area contributed by atoms with Crippen LogP contribution in [0.3, 0.4) is 0 Å². The van der Waals surface area contributed by atoms with Gasteiger partial charge in [-0.1, -0.05) is 34.8 Å². The Morgan fingerprint density at radius 3 is 2.68 bits per heavy atom. The quantitative estimate of drug-likeness (QED) is 0.554. The van der Waals surface area contributed by atoms with Gasteiger partial charge in [-0.15, -0.1) is 0 Å². The minimum Gasteiger partial charge on any atom is -0.324 e. The Morgan fingerprint density at radius 2 is 1.90 bits per heavy atom. The van der Waals surface area contributed by atoms with Crippen molar-refractivity contribution in [3.63, 3.8) is 0 Å². The zero-order valence-corrected chi connectivity index (χ0v) is 18.2. The van der Waals surface area contributed by atoms with Gasteiger partial charge in [0.05, 0.1) is 27.7 Å². The minimum atomic E-state index is -0.921. The second-order valence-corrected chi connectivity index (χ2v) is 7.96. The number of nitrogens with zero attached hydrogens (tertiary/aromatic N) is 3. The molecular formula is C21H18Cl2N6O2. The molecule has 1 atom stereocenters. The molecule has 0 unspecified atom stereocenters. The molecule has 2 aromatic carbocycles. The molecule has 0 fully saturated rings. The van der Waals surface area contributed by atoms with Crippen LogP contribution in [0.25, 0.3) is 10.9 Å². The summed E-state index contributed by atoms with van der Waals surface area (Å²) in [7, 11) is 0. The van der Waals surface area contributed by atoms with E-state index in [9.17, 15) is 9.59 Å². The van der Waals surface area contributed by atoms with Gasteiger partial charge in [-0.05, 0) is 44.2 Å². The first-order valence-electron chi connectivity index (χ1n) is 9.44. The van der Waals surface area contributed by atoms with Gasteiger partial charge in [0.25, 0.3) is 0 Å². The number of amides is 2. The van der Waals surface area contributed by atoms with E-state index in [0.29, 0.717) is 15.7 Å². The predicted molar refractivity (Wildman–Crippen MR) is 122 cm³/mol. The zero-order chi connectivity index (χ0) is 22.1. The van der Waals surface area contributed by atoms with E-state index in [-0.39, 0.29) is 24.2 Å². The largest absolute Gasteiger partial charge is 0.324 e. The highest BCUT2D eigenvalue weighted by molar-refractivity contribution is 6.42. The maximum Gasteiger partial charge on any atom is 0.249 e. The Kier molecular flexibility index (Phi) is 5.75. The number of rotatable bonds is 3. The van der Waals surface area contributed by atoms with E-state index in [1.807, 2.05) is 32.0 Å². The molecule has 0 aliphatic carbocycles. The van der Waals surface area contributed by atoms with E-state index < -0.39 is 11.9 Å². The van der Waals surface area contributed by atoms with Crippen LogP contribution in [0.5, 0.6) is 0 Å². The minimum absolute atomic E-state index is 0.0881. The number of aliphatic imine (C=N–C) groups is 1. The fourth-order valence-corrected chi connectivity index (χ4v) is 3.46. The van der Waals surface area contributed by atoms with E-state index in [2.05, 4.69) is 30.9 Å². The van der Waals surface area contributed by atoms with E-state index >= 15 is 0 Å². The van der Waals surface area contributed by atoms with Gasteiger partial charge in [-0.2, -0.15) is 0 Å². The molecule has 0 radical (unpaired) electrons. The first-order valence-corrected chi connectivity index (χ1v) is 10.2. The normalized spacial score (nSPS) is 15.9. The summed E-state index contributed by atoms with van der Waals surface area (Å²) in [5.41, 5.74) is 3.11. The number of aryl methyl sites for hydroxylation is 2. The molecule has 4 rings (SSSR count). The summed E-state index contributed by atoms with van der Waals surface area (Å²) in [5, 5.41) is 9.84. The van der Waals surface area contributed by atoms with Crippen LogP contribution in [0.2, 0.25) is 10.0 Å². The SMILES string of the molecule is Cc1ccc2nc(NC3=N[C@H](C(=O)Nc4ccc(Cl)c(Cl)c4)CC(=O)N3)nc(C)c2c1. The van der Waals surface area contributed by atoms with Gasteiger partial charge in [0, 0.05) is 11.1 Å². The number of hydrogen-bond donors (Lipinski definition) is 3. The molecule has 10 heteroatoms. The van der Waals surface area contributed by atoms with Gasteiger partial charge < -0.3 is 5.32 Å². The number of nitrogens with one attached hydrogen (secondary N) is 3. The van der Waals surface area contributed by atoms with Gasteiger partial charge in [0.2, 0.25) is 23.7 Å². The summed E-state index contributed by atoms with van der Waals surface area (Å²) in [4.78, 5) is 38.0. The van der Waals surface area contributed by atoms with E-state index in [1.54, 1.807) is 12.1 Å². The van der Waals surface area contributed by atoms with Crippen LogP contribution in [0.1, 0.15) is 17.7 Å². The van der Waals surface area contributed by atoms with E-state index in [1.165, 1.54) is 6.07 Å². The Bertz CT molecular complexity index is 1240. The fourth-order valence-electron chi connectivity index (χ4n) is 3.16. The van der Waals surface area contributed by atoms with Crippen LogP contribution in [0.4, 0.5) is 11.6 Å². The molecule has 8 nitrogen and oxygen atoms in total. The lowest BCUT2D eigenvalue weighted by atomic mass is 10.1. The third-order valence-corrected chi connectivity index (χ3v) is 5.42. The van der Waals surface area contributed by atoms with Gasteiger partial charge in [-0.3, -0.25) is 20.2 Å². The molecule has 2 heterocycles. The van der Waals surface area contributed by atoms with Crippen LogP contribution >= 0.6 is 23.2 Å². The summed E-state index contributed by atoms with van der Waals surface area (Å²) in [6, 6.07) is 9.67. The molecule has 0 saturated heterocycles. The van der Waals surface area contributed by atoms with Gasteiger partial charge in [-0.25, -0.2) is 15.0 Å². The number of hydrogen-bond acceptors (Lipinski definition) is 6. The standard InChI is InChI=1S/C21H18Cl2N6O2/c1-10-3-6-16-13(7-10)11(2)24-20(26-16)29-21-27-17(9-18(30)28-21)19(31)25-12-4-5-14(22)15(23)8-12/h3-8,17H,9H2,1-2H3,(H,25,31)(H2,24,26,27,28,29,30)/t17-/m0/s1. The van der Waals surface area contributed by atoms with Crippen molar-refractivity contribution in [2.75, 3.05) is 10.6 Å². The second-order valence-electron chi connectivity index (χ2n) is 7.14. The molecule has 3 N–H and O–H groups in total. The van der Waals surface area contributed by atoms with Gasteiger partial charge in [0.1, 0.15) is 6.04 Å². The molecule has 1 aliphatic rings. The monoisotopic (exact) mass is 456 g/mol. The third kappa shape index (κ3) is 4.76. The summed E-state index contributed by atoms with van der Waals surface area (Å²) in [6.45, 7) is 3.88. The first-order chi connectivity index (χ1) is 14.8. The lowest BCUT2D eigenvalue weighted by Crippen LogP contribution is -2.46. The highest BCUT2D eigenvalue weighted by Crippen LogP contribution is 2.25. The molecule has 0 spiro atoms. The number of carbonyl (C=O) groups excluding carboxylic acids is 2. The third-order valence-electron chi connectivity index (χ3n) is 4.68. The Morgan fingerprint density at radius 1 is 1.10 bits per heavy atom. The molecule has 3 aromatic rings. The lowest BCUT2D eigenvalue weighted by Gasteiger charge is -2.21. The van der Waals surface area contributed by atoms with Crippen molar-refractivity contribution in [1.82, 2.24) is 15.3 Å². The average Bonchev–Trinajstić information content (AvgIpc) is 2.71. The Hall–Kier alpha value is -3.23. The van der Waals surface area contributed by atoms with Crippen LogP contribution in [-0.4, -0.2) is 33.8 Å². The van der Waals surface area contributed by atoms with Crippen molar-refractivity contribution in [1.29, 1.82) is 0 Å². The molecule has 1 aliphatic heterocycles. The van der Waals surface area contributed by atoms with E-state index in [4.69, 9.17) is 23.2 Å². The highest BCUT2D eigenvalue weighted by atomic mass is 35.5. The predicted octanol–water partition coefficient (Wildman–Crippen LogP) is 3.85. The molecular weight excluding hydrogens is 439 g/mol. The van der Waals surface area contributed by atoms with Crippen LogP contribution in [0, 0.1) is 13.8 Å².